The van der Waals surface area contributed by atoms with Crippen LogP contribution in [0.4, 0.5) is 4.39 Å². The van der Waals surface area contributed by atoms with Crippen molar-refractivity contribution in [3.05, 3.63) is 52.3 Å². The second-order valence-corrected chi connectivity index (χ2v) is 7.40. The Balaban J connectivity index is 1.66. The summed E-state index contributed by atoms with van der Waals surface area (Å²) in [6.07, 6.45) is 6.06. The lowest BCUT2D eigenvalue weighted by molar-refractivity contribution is 0.197. The van der Waals surface area contributed by atoms with Gasteiger partial charge in [0.2, 0.25) is 0 Å². The maximum absolute atomic E-state index is 14.3. The van der Waals surface area contributed by atoms with E-state index in [1.165, 1.54) is 5.82 Å². The van der Waals surface area contributed by atoms with E-state index in [0.717, 1.165) is 25.9 Å². The molecular weight excluding hydrogens is 325 g/mol. The Morgan fingerprint density at radius 1 is 1.29 bits per heavy atom. The van der Waals surface area contributed by atoms with Gasteiger partial charge in [0.1, 0.15) is 11.6 Å². The standard InChI is InChI=1S/C19H25ClFN3/c1-13(2)24-11-8-22-19(24)15-6-9-23(10-7-15)12-16-17(20)5-4-14(3)18(16)21/h4-5,8,11,13,15H,6-7,9-10,12H2,1-3H3. The summed E-state index contributed by atoms with van der Waals surface area (Å²) in [6.45, 7) is 8.62. The number of piperidine rings is 1. The van der Waals surface area contributed by atoms with E-state index in [-0.39, 0.29) is 5.82 Å². The number of aromatic nitrogens is 2. The van der Waals surface area contributed by atoms with E-state index in [2.05, 4.69) is 34.5 Å². The first kappa shape index (κ1) is 17.4. The third kappa shape index (κ3) is 3.50. The van der Waals surface area contributed by atoms with Crippen molar-refractivity contribution < 1.29 is 4.39 Å². The SMILES string of the molecule is Cc1ccc(Cl)c(CN2CCC(c3nccn3C(C)C)CC2)c1F. The van der Waals surface area contributed by atoms with Crippen molar-refractivity contribution in [3.63, 3.8) is 0 Å². The number of hydrogen-bond donors (Lipinski definition) is 0. The minimum atomic E-state index is -0.167. The highest BCUT2D eigenvalue weighted by molar-refractivity contribution is 6.31. The average molecular weight is 350 g/mol. The molecule has 2 aromatic rings. The summed E-state index contributed by atoms with van der Waals surface area (Å²) in [5.41, 5.74) is 1.28. The molecule has 2 heterocycles. The van der Waals surface area contributed by atoms with E-state index in [0.29, 0.717) is 34.7 Å². The maximum Gasteiger partial charge on any atom is 0.132 e. The Bertz CT molecular complexity index is 703. The predicted molar refractivity (Wildman–Crippen MR) is 96.0 cm³/mol. The van der Waals surface area contributed by atoms with Crippen molar-refractivity contribution in [2.24, 2.45) is 0 Å². The van der Waals surface area contributed by atoms with Crippen LogP contribution in [0, 0.1) is 12.7 Å². The van der Waals surface area contributed by atoms with E-state index >= 15 is 0 Å². The molecule has 0 bridgehead atoms. The van der Waals surface area contributed by atoms with Gasteiger partial charge in [0.05, 0.1) is 0 Å². The number of imidazole rings is 1. The number of aryl methyl sites for hydroxylation is 1. The summed E-state index contributed by atoms with van der Waals surface area (Å²) >= 11 is 6.21. The molecule has 1 aliphatic heterocycles. The van der Waals surface area contributed by atoms with Crippen LogP contribution in [0.2, 0.25) is 5.02 Å². The summed E-state index contributed by atoms with van der Waals surface area (Å²) in [7, 11) is 0. The Morgan fingerprint density at radius 3 is 2.67 bits per heavy atom. The van der Waals surface area contributed by atoms with Gasteiger partial charge >= 0.3 is 0 Å². The normalized spacial score (nSPS) is 16.9. The molecule has 5 heteroatoms. The molecule has 1 saturated heterocycles. The summed E-state index contributed by atoms with van der Waals surface area (Å²) in [6, 6.07) is 3.96. The zero-order valence-electron chi connectivity index (χ0n) is 14.6. The van der Waals surface area contributed by atoms with Crippen LogP contribution in [-0.4, -0.2) is 27.5 Å². The van der Waals surface area contributed by atoms with Gasteiger partial charge in [-0.3, -0.25) is 4.90 Å². The van der Waals surface area contributed by atoms with Gasteiger partial charge in [0.25, 0.3) is 0 Å². The van der Waals surface area contributed by atoms with Gasteiger partial charge < -0.3 is 4.57 Å². The van der Waals surface area contributed by atoms with E-state index in [1.807, 2.05) is 6.20 Å². The molecule has 3 nitrogen and oxygen atoms in total. The largest absolute Gasteiger partial charge is 0.332 e. The third-order valence-electron chi connectivity index (χ3n) is 4.97. The first-order chi connectivity index (χ1) is 11.5. The van der Waals surface area contributed by atoms with E-state index < -0.39 is 0 Å². The first-order valence-corrected chi connectivity index (χ1v) is 9.03. The Hall–Kier alpha value is -1.39. The molecule has 0 spiro atoms. The zero-order chi connectivity index (χ0) is 17.3. The lowest BCUT2D eigenvalue weighted by atomic mass is 9.95. The Morgan fingerprint density at radius 2 is 2.00 bits per heavy atom. The van der Waals surface area contributed by atoms with Crippen molar-refractivity contribution in [1.29, 1.82) is 0 Å². The van der Waals surface area contributed by atoms with Crippen LogP contribution in [0.15, 0.2) is 24.5 Å². The number of hydrogen-bond acceptors (Lipinski definition) is 2. The fourth-order valence-corrected chi connectivity index (χ4v) is 3.72. The molecule has 0 saturated carbocycles. The highest BCUT2D eigenvalue weighted by Gasteiger charge is 2.25. The summed E-state index contributed by atoms with van der Waals surface area (Å²) < 4.78 is 16.6. The van der Waals surface area contributed by atoms with Gasteiger partial charge in [0, 0.05) is 41.5 Å². The molecule has 1 aromatic heterocycles. The smallest absolute Gasteiger partial charge is 0.132 e. The molecule has 1 fully saturated rings. The van der Waals surface area contributed by atoms with Crippen molar-refractivity contribution in [2.45, 2.75) is 52.1 Å². The number of halogens is 2. The fourth-order valence-electron chi connectivity index (χ4n) is 3.51. The number of rotatable bonds is 4. The van der Waals surface area contributed by atoms with Crippen LogP contribution in [0.25, 0.3) is 0 Å². The van der Waals surface area contributed by atoms with Crippen molar-refractivity contribution in [2.75, 3.05) is 13.1 Å². The van der Waals surface area contributed by atoms with E-state index in [9.17, 15) is 4.39 Å². The van der Waals surface area contributed by atoms with Crippen LogP contribution in [-0.2, 0) is 6.54 Å². The Labute approximate surface area is 148 Å². The fraction of sp³-hybridized carbons (Fsp3) is 0.526. The Kier molecular flexibility index (Phi) is 5.26. The van der Waals surface area contributed by atoms with Crippen LogP contribution >= 0.6 is 11.6 Å². The molecule has 0 N–H and O–H groups in total. The number of likely N-dealkylation sites (tertiary alicyclic amines) is 1. The quantitative estimate of drug-likeness (QED) is 0.779. The topological polar surface area (TPSA) is 21.1 Å². The lowest BCUT2D eigenvalue weighted by Gasteiger charge is -2.32. The second-order valence-electron chi connectivity index (χ2n) is 6.99. The monoisotopic (exact) mass is 349 g/mol. The lowest BCUT2D eigenvalue weighted by Crippen LogP contribution is -2.33. The minimum Gasteiger partial charge on any atom is -0.332 e. The van der Waals surface area contributed by atoms with Crippen molar-refractivity contribution >= 4 is 11.6 Å². The van der Waals surface area contributed by atoms with Crippen molar-refractivity contribution in [1.82, 2.24) is 14.5 Å². The van der Waals surface area contributed by atoms with E-state index in [1.54, 1.807) is 19.1 Å². The van der Waals surface area contributed by atoms with Crippen molar-refractivity contribution in [3.8, 4) is 0 Å². The highest BCUT2D eigenvalue weighted by Crippen LogP contribution is 2.30. The van der Waals surface area contributed by atoms with Gasteiger partial charge in [-0.1, -0.05) is 17.7 Å². The second kappa shape index (κ2) is 7.24. The van der Waals surface area contributed by atoms with Gasteiger partial charge in [-0.15, -0.1) is 0 Å². The zero-order valence-corrected chi connectivity index (χ0v) is 15.4. The highest BCUT2D eigenvalue weighted by atomic mass is 35.5. The number of nitrogens with zero attached hydrogens (tertiary/aromatic N) is 3. The average Bonchev–Trinajstić information content (AvgIpc) is 3.06. The maximum atomic E-state index is 14.3. The van der Waals surface area contributed by atoms with Crippen LogP contribution < -0.4 is 0 Å². The van der Waals surface area contributed by atoms with Gasteiger partial charge in [-0.05, 0) is 58.3 Å². The molecule has 24 heavy (non-hydrogen) atoms. The molecule has 0 radical (unpaired) electrons. The molecule has 3 rings (SSSR count). The van der Waals surface area contributed by atoms with Crippen LogP contribution in [0.3, 0.4) is 0 Å². The number of benzene rings is 1. The van der Waals surface area contributed by atoms with Gasteiger partial charge in [-0.25, -0.2) is 9.37 Å². The first-order valence-electron chi connectivity index (χ1n) is 8.66. The molecule has 0 atom stereocenters. The summed E-state index contributed by atoms with van der Waals surface area (Å²) in [5, 5.41) is 0.524. The van der Waals surface area contributed by atoms with E-state index in [4.69, 9.17) is 11.6 Å². The molecule has 0 unspecified atom stereocenters. The minimum absolute atomic E-state index is 0.167. The van der Waals surface area contributed by atoms with Gasteiger partial charge in [0.15, 0.2) is 0 Å². The van der Waals surface area contributed by atoms with Gasteiger partial charge in [-0.2, -0.15) is 0 Å². The molecular formula is C19H25ClFN3. The molecule has 0 aliphatic carbocycles. The third-order valence-corrected chi connectivity index (χ3v) is 5.32. The summed E-state index contributed by atoms with van der Waals surface area (Å²) in [5.74, 6) is 1.50. The van der Waals surface area contributed by atoms with Crippen LogP contribution in [0.5, 0.6) is 0 Å². The van der Waals surface area contributed by atoms with Crippen LogP contribution in [0.1, 0.15) is 55.6 Å². The molecule has 130 valence electrons. The summed E-state index contributed by atoms with van der Waals surface area (Å²) in [4.78, 5) is 6.87. The predicted octanol–water partition coefficient (Wildman–Crippen LogP) is 4.94. The molecule has 1 aliphatic rings. The molecule has 0 amide bonds. The molecule has 1 aromatic carbocycles.